The summed E-state index contributed by atoms with van der Waals surface area (Å²) in [7, 11) is -3.81. The molecule has 0 spiro atoms. The maximum absolute atomic E-state index is 13.5. The van der Waals surface area contributed by atoms with Crippen molar-refractivity contribution < 1.29 is 18.0 Å². The number of nitrogens with zero attached hydrogens (tertiary/aromatic N) is 2. The first-order valence-corrected chi connectivity index (χ1v) is 13.5. The van der Waals surface area contributed by atoms with Gasteiger partial charge >= 0.3 is 0 Å². The normalized spacial score (nSPS) is 12.4. The highest BCUT2D eigenvalue weighted by molar-refractivity contribution is 7.92. The number of halogens is 2. The average molecular weight is 529 g/mol. The Labute approximate surface area is 212 Å². The highest BCUT2D eigenvalue weighted by Crippen LogP contribution is 2.26. The summed E-state index contributed by atoms with van der Waals surface area (Å²) < 4.78 is 26.3. The number of carbonyl (C=O) groups excluding carboxylic acids is 2. The fraction of sp³-hybridized carbons (Fsp3) is 0.417. The molecule has 2 aromatic carbocycles. The van der Waals surface area contributed by atoms with Crippen LogP contribution in [0, 0.1) is 12.8 Å². The molecule has 10 heteroatoms. The summed E-state index contributed by atoms with van der Waals surface area (Å²) in [6.45, 7) is 7.29. The zero-order valence-electron chi connectivity index (χ0n) is 20.0. The van der Waals surface area contributed by atoms with Gasteiger partial charge < -0.3 is 10.2 Å². The molecule has 1 N–H and O–H groups in total. The Hall–Kier alpha value is -2.29. The lowest BCUT2D eigenvalue weighted by atomic mass is 10.1. The number of carbonyl (C=O) groups is 2. The first-order chi connectivity index (χ1) is 15.8. The zero-order valence-corrected chi connectivity index (χ0v) is 22.3. The van der Waals surface area contributed by atoms with Crippen LogP contribution in [0.25, 0.3) is 0 Å². The lowest BCUT2D eigenvalue weighted by molar-refractivity contribution is -0.139. The van der Waals surface area contributed by atoms with Gasteiger partial charge in [0.05, 0.1) is 11.9 Å². The Morgan fingerprint density at radius 1 is 1.06 bits per heavy atom. The van der Waals surface area contributed by atoms with Gasteiger partial charge in [0.15, 0.2) is 0 Å². The maximum atomic E-state index is 13.5. The van der Waals surface area contributed by atoms with E-state index in [1.165, 1.54) is 4.90 Å². The van der Waals surface area contributed by atoms with Crippen molar-refractivity contribution in [1.82, 2.24) is 10.2 Å². The summed E-state index contributed by atoms with van der Waals surface area (Å²) in [6, 6.07) is 10.9. The van der Waals surface area contributed by atoms with Gasteiger partial charge in [-0.05, 0) is 55.2 Å². The van der Waals surface area contributed by atoms with Crippen LogP contribution in [-0.2, 0) is 26.2 Å². The van der Waals surface area contributed by atoms with Gasteiger partial charge in [0.1, 0.15) is 12.6 Å². The molecule has 0 radical (unpaired) electrons. The molecule has 0 heterocycles. The fourth-order valence-electron chi connectivity index (χ4n) is 3.34. The van der Waals surface area contributed by atoms with Crippen LogP contribution in [0.1, 0.15) is 31.9 Å². The van der Waals surface area contributed by atoms with Gasteiger partial charge in [0.25, 0.3) is 0 Å². The van der Waals surface area contributed by atoms with Crippen LogP contribution in [0.15, 0.2) is 42.5 Å². The summed E-state index contributed by atoms with van der Waals surface area (Å²) in [5, 5.41) is 3.74. The van der Waals surface area contributed by atoms with Crippen LogP contribution in [0.5, 0.6) is 0 Å². The van der Waals surface area contributed by atoms with Gasteiger partial charge in [0.2, 0.25) is 21.8 Å². The Bertz CT molecular complexity index is 1140. The molecule has 0 fully saturated rings. The van der Waals surface area contributed by atoms with Crippen LogP contribution < -0.4 is 9.62 Å². The lowest BCUT2D eigenvalue weighted by Crippen LogP contribution is -2.51. The fourth-order valence-corrected chi connectivity index (χ4v) is 4.67. The summed E-state index contributed by atoms with van der Waals surface area (Å²) in [6.07, 6.45) is 1.03. The standard InChI is InChI=1S/C24H31Cl2N3O4S/c1-16(2)13-27-24(31)18(4)28(14-19-8-6-7-9-21(19)26)23(30)15-29(34(5,32)33)22-11-10-20(25)12-17(22)3/h6-12,16,18H,13-15H2,1-5H3,(H,27,31)/t18-/m0/s1. The van der Waals surface area contributed by atoms with Crippen molar-refractivity contribution >= 4 is 50.7 Å². The number of nitrogens with one attached hydrogen (secondary N) is 1. The lowest BCUT2D eigenvalue weighted by Gasteiger charge is -2.32. The smallest absolute Gasteiger partial charge is 0.244 e. The van der Waals surface area contributed by atoms with Crippen LogP contribution >= 0.6 is 23.2 Å². The van der Waals surface area contributed by atoms with Gasteiger partial charge in [-0.2, -0.15) is 0 Å². The largest absolute Gasteiger partial charge is 0.354 e. The molecule has 7 nitrogen and oxygen atoms in total. The predicted octanol–water partition coefficient (Wildman–Crippen LogP) is 4.26. The van der Waals surface area contributed by atoms with E-state index in [0.29, 0.717) is 33.4 Å². The third-order valence-corrected chi connectivity index (χ3v) is 6.99. The van der Waals surface area contributed by atoms with Crippen molar-refractivity contribution in [1.29, 1.82) is 0 Å². The molecular weight excluding hydrogens is 497 g/mol. The van der Waals surface area contributed by atoms with Crippen LogP contribution in [-0.4, -0.2) is 50.5 Å². The second-order valence-corrected chi connectivity index (χ2v) is 11.4. The molecule has 0 aromatic heterocycles. The Kier molecular flexibility index (Phi) is 9.79. The first-order valence-electron chi connectivity index (χ1n) is 10.9. The van der Waals surface area contributed by atoms with E-state index in [9.17, 15) is 18.0 Å². The van der Waals surface area contributed by atoms with Gasteiger partial charge in [-0.25, -0.2) is 8.42 Å². The van der Waals surface area contributed by atoms with Crippen molar-refractivity contribution in [3.63, 3.8) is 0 Å². The van der Waals surface area contributed by atoms with E-state index in [1.807, 2.05) is 13.8 Å². The number of benzene rings is 2. The molecule has 0 bridgehead atoms. The monoisotopic (exact) mass is 527 g/mol. The molecule has 0 unspecified atom stereocenters. The van der Waals surface area contributed by atoms with E-state index < -0.39 is 28.5 Å². The van der Waals surface area contributed by atoms with E-state index in [1.54, 1.807) is 56.3 Å². The molecule has 0 saturated heterocycles. The van der Waals surface area contributed by atoms with Gasteiger partial charge in [-0.3, -0.25) is 13.9 Å². The highest BCUT2D eigenvalue weighted by Gasteiger charge is 2.31. The third-order valence-electron chi connectivity index (χ3n) is 5.26. The summed E-state index contributed by atoms with van der Waals surface area (Å²) >= 11 is 12.3. The SMILES string of the molecule is Cc1cc(Cl)ccc1N(CC(=O)N(Cc1ccccc1Cl)[C@@H](C)C(=O)NCC(C)C)S(C)(=O)=O. The van der Waals surface area contributed by atoms with Gasteiger partial charge in [-0.15, -0.1) is 0 Å². The molecular formula is C24H31Cl2N3O4S. The Balaban J connectivity index is 2.41. The van der Waals surface area contributed by atoms with Crippen molar-refractivity contribution in [3.8, 4) is 0 Å². The van der Waals surface area contributed by atoms with E-state index >= 15 is 0 Å². The second kappa shape index (κ2) is 11.9. The van der Waals surface area contributed by atoms with Crippen LogP contribution in [0.4, 0.5) is 5.69 Å². The molecule has 0 aliphatic rings. The maximum Gasteiger partial charge on any atom is 0.244 e. The van der Waals surface area contributed by atoms with E-state index in [-0.39, 0.29) is 18.4 Å². The summed E-state index contributed by atoms with van der Waals surface area (Å²) in [5.41, 5.74) is 1.59. The second-order valence-electron chi connectivity index (χ2n) is 8.63. The molecule has 186 valence electrons. The zero-order chi connectivity index (χ0) is 25.6. The molecule has 2 aromatic rings. The van der Waals surface area contributed by atoms with Crippen LogP contribution in [0.3, 0.4) is 0 Å². The number of hydrogen-bond donors (Lipinski definition) is 1. The minimum Gasteiger partial charge on any atom is -0.354 e. The molecule has 1 atom stereocenters. The first kappa shape index (κ1) is 28.0. The Morgan fingerprint density at radius 3 is 2.26 bits per heavy atom. The highest BCUT2D eigenvalue weighted by atomic mass is 35.5. The van der Waals surface area contributed by atoms with E-state index in [4.69, 9.17) is 23.2 Å². The molecule has 2 rings (SSSR count). The number of amides is 2. The van der Waals surface area contributed by atoms with Crippen LogP contribution in [0.2, 0.25) is 10.0 Å². The number of rotatable bonds is 10. The van der Waals surface area contributed by atoms with Crippen molar-refractivity contribution in [2.75, 3.05) is 23.7 Å². The van der Waals surface area contributed by atoms with Crippen molar-refractivity contribution in [2.24, 2.45) is 5.92 Å². The van der Waals surface area contributed by atoms with Crippen molar-refractivity contribution in [2.45, 2.75) is 40.3 Å². The van der Waals surface area contributed by atoms with Gasteiger partial charge in [0, 0.05) is 23.1 Å². The van der Waals surface area contributed by atoms with E-state index in [2.05, 4.69) is 5.32 Å². The molecule has 0 aliphatic carbocycles. The van der Waals surface area contributed by atoms with Crippen molar-refractivity contribution in [3.05, 3.63) is 63.6 Å². The molecule has 34 heavy (non-hydrogen) atoms. The molecule has 0 saturated carbocycles. The molecule has 2 amide bonds. The number of hydrogen-bond acceptors (Lipinski definition) is 4. The minimum atomic E-state index is -3.81. The molecule has 0 aliphatic heterocycles. The Morgan fingerprint density at radius 2 is 1.71 bits per heavy atom. The number of sulfonamides is 1. The topological polar surface area (TPSA) is 86.8 Å². The number of aryl methyl sites for hydroxylation is 1. The minimum absolute atomic E-state index is 0.0476. The third kappa shape index (κ3) is 7.61. The quantitative estimate of drug-likeness (QED) is 0.500. The summed E-state index contributed by atoms with van der Waals surface area (Å²) in [4.78, 5) is 27.7. The predicted molar refractivity (Wildman–Crippen MR) is 138 cm³/mol. The number of anilines is 1. The van der Waals surface area contributed by atoms with E-state index in [0.717, 1.165) is 10.6 Å². The van der Waals surface area contributed by atoms with Gasteiger partial charge in [-0.1, -0.05) is 55.2 Å². The summed E-state index contributed by atoms with van der Waals surface area (Å²) in [5.74, 6) is -0.632. The average Bonchev–Trinajstić information content (AvgIpc) is 2.74.